The number of rotatable bonds is 4. The molecule has 0 atom stereocenters. The van der Waals surface area contributed by atoms with E-state index in [4.69, 9.17) is 0 Å². The monoisotopic (exact) mass is 250 g/mol. The van der Waals surface area contributed by atoms with E-state index in [1.807, 2.05) is 27.0 Å². The molecule has 0 radical (unpaired) electrons. The van der Waals surface area contributed by atoms with Crippen molar-refractivity contribution in [2.75, 3.05) is 11.9 Å². The van der Waals surface area contributed by atoms with Crippen molar-refractivity contribution in [1.29, 1.82) is 0 Å². The van der Waals surface area contributed by atoms with Crippen LogP contribution in [0, 0.1) is 6.92 Å². The SMILES string of the molecule is CCNc1cc(Sc2ncnn2C)nc(C)n1. The van der Waals surface area contributed by atoms with Gasteiger partial charge in [-0.2, -0.15) is 5.10 Å². The van der Waals surface area contributed by atoms with E-state index in [9.17, 15) is 0 Å². The van der Waals surface area contributed by atoms with Gasteiger partial charge in [0.2, 0.25) is 0 Å². The molecule has 90 valence electrons. The zero-order valence-corrected chi connectivity index (χ0v) is 10.8. The number of aryl methyl sites for hydroxylation is 2. The van der Waals surface area contributed by atoms with E-state index in [1.165, 1.54) is 18.1 Å². The number of nitrogens with zero attached hydrogens (tertiary/aromatic N) is 5. The molecule has 6 nitrogen and oxygen atoms in total. The Kier molecular flexibility index (Phi) is 3.58. The molecule has 0 saturated heterocycles. The van der Waals surface area contributed by atoms with Crippen LogP contribution in [0.1, 0.15) is 12.7 Å². The minimum absolute atomic E-state index is 0.744. The molecule has 0 aromatic carbocycles. The molecule has 2 heterocycles. The molecule has 2 rings (SSSR count). The quantitative estimate of drug-likeness (QED) is 0.829. The van der Waals surface area contributed by atoms with Crippen molar-refractivity contribution in [2.24, 2.45) is 7.05 Å². The Bertz CT molecular complexity index is 509. The van der Waals surface area contributed by atoms with E-state index in [1.54, 1.807) is 4.68 Å². The predicted octanol–water partition coefficient (Wildman–Crippen LogP) is 1.50. The summed E-state index contributed by atoms with van der Waals surface area (Å²) in [5.41, 5.74) is 0. The van der Waals surface area contributed by atoms with Gasteiger partial charge in [0.15, 0.2) is 5.16 Å². The lowest BCUT2D eigenvalue weighted by atomic mass is 10.5. The van der Waals surface area contributed by atoms with Gasteiger partial charge in [-0.15, -0.1) is 0 Å². The molecule has 0 aliphatic rings. The maximum absolute atomic E-state index is 4.36. The van der Waals surface area contributed by atoms with Crippen LogP contribution in [0.3, 0.4) is 0 Å². The third-order valence-electron chi connectivity index (χ3n) is 2.04. The lowest BCUT2D eigenvalue weighted by molar-refractivity contribution is 0.684. The standard InChI is InChI=1S/C10H14N6S/c1-4-11-8-5-9(15-7(2)14-8)17-10-12-6-13-16(10)3/h5-6H,4H2,1-3H3,(H,11,14,15). The van der Waals surface area contributed by atoms with E-state index in [0.29, 0.717) is 0 Å². The lowest BCUT2D eigenvalue weighted by Crippen LogP contribution is -2.02. The molecule has 0 aliphatic heterocycles. The van der Waals surface area contributed by atoms with E-state index in [0.717, 1.165) is 28.4 Å². The highest BCUT2D eigenvalue weighted by Gasteiger charge is 2.07. The maximum Gasteiger partial charge on any atom is 0.192 e. The average Bonchev–Trinajstić information content (AvgIpc) is 2.64. The van der Waals surface area contributed by atoms with Crippen molar-refractivity contribution in [2.45, 2.75) is 24.0 Å². The van der Waals surface area contributed by atoms with Crippen LogP contribution in [0.5, 0.6) is 0 Å². The summed E-state index contributed by atoms with van der Waals surface area (Å²) in [4.78, 5) is 12.8. The Balaban J connectivity index is 2.23. The highest BCUT2D eigenvalue weighted by atomic mass is 32.2. The predicted molar refractivity (Wildman–Crippen MR) is 66.1 cm³/mol. The van der Waals surface area contributed by atoms with Crippen LogP contribution in [-0.2, 0) is 7.05 Å². The van der Waals surface area contributed by atoms with E-state index < -0.39 is 0 Å². The summed E-state index contributed by atoms with van der Waals surface area (Å²) in [6.07, 6.45) is 1.53. The van der Waals surface area contributed by atoms with E-state index >= 15 is 0 Å². The van der Waals surface area contributed by atoms with Crippen LogP contribution >= 0.6 is 11.8 Å². The molecule has 0 aliphatic carbocycles. The number of anilines is 1. The van der Waals surface area contributed by atoms with Gasteiger partial charge in [-0.3, -0.25) is 0 Å². The topological polar surface area (TPSA) is 68.5 Å². The van der Waals surface area contributed by atoms with Gasteiger partial charge in [0.05, 0.1) is 0 Å². The fourth-order valence-electron chi connectivity index (χ4n) is 1.34. The summed E-state index contributed by atoms with van der Waals surface area (Å²) in [5, 5.41) is 8.87. The summed E-state index contributed by atoms with van der Waals surface area (Å²) < 4.78 is 1.72. The minimum Gasteiger partial charge on any atom is -0.370 e. The minimum atomic E-state index is 0.744. The third-order valence-corrected chi connectivity index (χ3v) is 3.01. The zero-order valence-electron chi connectivity index (χ0n) is 10.0. The Morgan fingerprint density at radius 3 is 2.88 bits per heavy atom. The highest BCUT2D eigenvalue weighted by molar-refractivity contribution is 7.99. The average molecular weight is 250 g/mol. The molecule has 0 spiro atoms. The smallest absolute Gasteiger partial charge is 0.192 e. The fraction of sp³-hybridized carbons (Fsp3) is 0.400. The number of hydrogen-bond donors (Lipinski definition) is 1. The van der Waals surface area contributed by atoms with Gasteiger partial charge in [-0.1, -0.05) is 0 Å². The lowest BCUT2D eigenvalue weighted by Gasteiger charge is -2.05. The van der Waals surface area contributed by atoms with E-state index in [2.05, 4.69) is 25.4 Å². The van der Waals surface area contributed by atoms with Crippen LogP contribution < -0.4 is 5.32 Å². The summed E-state index contributed by atoms with van der Waals surface area (Å²) in [6, 6.07) is 1.91. The van der Waals surface area contributed by atoms with Crippen molar-refractivity contribution in [3.63, 3.8) is 0 Å². The maximum atomic E-state index is 4.36. The van der Waals surface area contributed by atoms with Crippen LogP contribution in [-0.4, -0.2) is 31.3 Å². The molecule has 0 unspecified atom stereocenters. The molecule has 7 heteroatoms. The number of nitrogens with one attached hydrogen (secondary N) is 1. The highest BCUT2D eigenvalue weighted by Crippen LogP contribution is 2.24. The molecule has 17 heavy (non-hydrogen) atoms. The second kappa shape index (κ2) is 5.13. The fourth-order valence-corrected chi connectivity index (χ4v) is 2.15. The summed E-state index contributed by atoms with van der Waals surface area (Å²) in [5.74, 6) is 1.58. The van der Waals surface area contributed by atoms with Gasteiger partial charge >= 0.3 is 0 Å². The first kappa shape index (κ1) is 11.8. The van der Waals surface area contributed by atoms with Gasteiger partial charge in [0, 0.05) is 19.7 Å². The molecule has 0 fully saturated rings. The first-order valence-electron chi connectivity index (χ1n) is 5.30. The molecular weight excluding hydrogens is 236 g/mol. The van der Waals surface area contributed by atoms with Crippen molar-refractivity contribution >= 4 is 17.6 Å². The molecular formula is C10H14N6S. The van der Waals surface area contributed by atoms with Gasteiger partial charge in [-0.05, 0) is 25.6 Å². The van der Waals surface area contributed by atoms with Crippen LogP contribution in [0.25, 0.3) is 0 Å². The van der Waals surface area contributed by atoms with Crippen LogP contribution in [0.2, 0.25) is 0 Å². The van der Waals surface area contributed by atoms with Crippen LogP contribution in [0.4, 0.5) is 5.82 Å². The van der Waals surface area contributed by atoms with Gasteiger partial charge in [0.25, 0.3) is 0 Å². The first-order valence-corrected chi connectivity index (χ1v) is 6.12. The van der Waals surface area contributed by atoms with Crippen molar-refractivity contribution in [1.82, 2.24) is 24.7 Å². The summed E-state index contributed by atoms with van der Waals surface area (Å²) >= 11 is 1.47. The Hall–Kier alpha value is -1.63. The van der Waals surface area contributed by atoms with Crippen molar-refractivity contribution < 1.29 is 0 Å². The Labute approximate surface area is 104 Å². The Morgan fingerprint density at radius 1 is 1.41 bits per heavy atom. The van der Waals surface area contributed by atoms with Gasteiger partial charge < -0.3 is 5.32 Å². The van der Waals surface area contributed by atoms with Gasteiger partial charge in [0.1, 0.15) is 23.0 Å². The van der Waals surface area contributed by atoms with E-state index in [-0.39, 0.29) is 0 Å². The summed E-state index contributed by atoms with van der Waals surface area (Å²) in [7, 11) is 1.86. The molecule has 1 N–H and O–H groups in total. The molecule has 0 amide bonds. The molecule has 0 saturated carbocycles. The second-order valence-electron chi connectivity index (χ2n) is 3.44. The first-order chi connectivity index (χ1) is 8.19. The van der Waals surface area contributed by atoms with Gasteiger partial charge in [-0.25, -0.2) is 19.6 Å². The van der Waals surface area contributed by atoms with Crippen LogP contribution in [0.15, 0.2) is 22.6 Å². The molecule has 0 bridgehead atoms. The van der Waals surface area contributed by atoms with Crippen molar-refractivity contribution in [3.8, 4) is 0 Å². The second-order valence-corrected chi connectivity index (χ2v) is 4.42. The Morgan fingerprint density at radius 2 is 2.24 bits per heavy atom. The number of aromatic nitrogens is 5. The largest absolute Gasteiger partial charge is 0.370 e. The normalized spacial score (nSPS) is 10.5. The summed E-state index contributed by atoms with van der Waals surface area (Å²) in [6.45, 7) is 4.75. The zero-order chi connectivity index (χ0) is 12.3. The molecule has 2 aromatic heterocycles. The number of hydrogen-bond acceptors (Lipinski definition) is 6. The third kappa shape index (κ3) is 2.94. The molecule has 2 aromatic rings. The van der Waals surface area contributed by atoms with Crippen molar-refractivity contribution in [3.05, 3.63) is 18.2 Å².